The van der Waals surface area contributed by atoms with Gasteiger partial charge in [0.25, 0.3) is 5.91 Å². The molecule has 0 aromatic heterocycles. The summed E-state index contributed by atoms with van der Waals surface area (Å²) >= 11 is 3.47. The predicted octanol–water partition coefficient (Wildman–Crippen LogP) is 4.68. The molecule has 0 N–H and O–H groups in total. The Labute approximate surface area is 183 Å². The summed E-state index contributed by atoms with van der Waals surface area (Å²) in [4.78, 5) is 14.6. The van der Waals surface area contributed by atoms with Crippen LogP contribution in [0.3, 0.4) is 0 Å². The third-order valence-electron chi connectivity index (χ3n) is 5.00. The van der Waals surface area contributed by atoms with E-state index in [1.807, 2.05) is 37.3 Å². The molecule has 0 aliphatic carbocycles. The highest BCUT2D eigenvalue weighted by Crippen LogP contribution is 2.35. The van der Waals surface area contributed by atoms with Crippen molar-refractivity contribution in [2.24, 2.45) is 0 Å². The van der Waals surface area contributed by atoms with Gasteiger partial charge in [0.1, 0.15) is 18.2 Å². The van der Waals surface area contributed by atoms with E-state index in [2.05, 4.69) is 15.9 Å². The van der Waals surface area contributed by atoms with Crippen LogP contribution in [-0.2, 0) is 34.0 Å². The second-order valence-electron chi connectivity index (χ2n) is 7.62. The molecule has 1 atom stereocenters. The van der Waals surface area contributed by atoms with Crippen LogP contribution in [0.1, 0.15) is 30.0 Å². The number of carbonyl (C=O) groups is 1. The summed E-state index contributed by atoms with van der Waals surface area (Å²) in [6, 6.07) is 12.2. The molecule has 2 heterocycles. The number of hydrogen-bond donors (Lipinski definition) is 0. The maximum atomic E-state index is 13.3. The number of amides is 1. The Morgan fingerprint density at radius 2 is 2.03 bits per heavy atom. The maximum Gasteiger partial charge on any atom is 0.289 e. The van der Waals surface area contributed by atoms with Crippen molar-refractivity contribution in [2.45, 2.75) is 37.6 Å². The van der Waals surface area contributed by atoms with Crippen LogP contribution < -0.4 is 4.74 Å². The monoisotopic (exact) mass is 475 g/mol. The molecule has 2 aliphatic heterocycles. The van der Waals surface area contributed by atoms with Crippen LogP contribution >= 0.6 is 15.9 Å². The lowest BCUT2D eigenvalue weighted by molar-refractivity contribution is -0.132. The predicted molar refractivity (Wildman–Crippen MR) is 113 cm³/mol. The first kappa shape index (κ1) is 20.9. The fourth-order valence-electron chi connectivity index (χ4n) is 3.50. The van der Waals surface area contributed by atoms with Gasteiger partial charge < -0.3 is 19.1 Å². The average Bonchev–Trinajstić information content (AvgIpc) is 2.94. The van der Waals surface area contributed by atoms with E-state index < -0.39 is 4.51 Å². The van der Waals surface area contributed by atoms with Crippen molar-refractivity contribution in [1.29, 1.82) is 0 Å². The van der Waals surface area contributed by atoms with Crippen molar-refractivity contribution in [3.05, 3.63) is 76.8 Å². The summed E-state index contributed by atoms with van der Waals surface area (Å²) in [7, 11) is 0. The van der Waals surface area contributed by atoms with E-state index in [4.69, 9.17) is 14.2 Å². The minimum Gasteiger partial charge on any atom is -0.491 e. The molecule has 2 aliphatic rings. The molecule has 5 nitrogen and oxygen atoms in total. The molecule has 7 heteroatoms. The SMILES string of the molecule is CC1(Br)CC=C(C(=O)N2CCOc3ccc(COCc4cccc(F)c4)cc3C2)O1. The number of rotatable bonds is 5. The maximum absolute atomic E-state index is 13.3. The molecular weight excluding hydrogens is 453 g/mol. The zero-order valence-electron chi connectivity index (χ0n) is 16.7. The minimum atomic E-state index is -0.523. The Morgan fingerprint density at radius 1 is 1.23 bits per heavy atom. The number of alkyl halides is 1. The molecule has 0 radical (unpaired) electrons. The van der Waals surface area contributed by atoms with Gasteiger partial charge >= 0.3 is 0 Å². The van der Waals surface area contributed by atoms with Crippen LogP contribution in [-0.4, -0.2) is 28.5 Å². The highest BCUT2D eigenvalue weighted by Gasteiger charge is 2.34. The standard InChI is InChI=1S/C23H23BrFNO4/c1-23(24)8-7-21(30-23)22(27)26-9-10-29-20-6-5-17(11-18(20)13-26)15-28-14-16-3-2-4-19(25)12-16/h2-7,11-12H,8-10,13-15H2,1H3. The van der Waals surface area contributed by atoms with Crippen molar-refractivity contribution >= 4 is 21.8 Å². The first-order valence-electron chi connectivity index (χ1n) is 9.84. The Hall–Kier alpha value is -2.38. The Bertz CT molecular complexity index is 975. The fourth-order valence-corrected chi connectivity index (χ4v) is 3.83. The van der Waals surface area contributed by atoms with Crippen LogP contribution in [0, 0.1) is 5.82 Å². The van der Waals surface area contributed by atoms with Gasteiger partial charge in [0.05, 0.1) is 19.8 Å². The van der Waals surface area contributed by atoms with E-state index in [1.54, 1.807) is 11.0 Å². The van der Waals surface area contributed by atoms with Crippen molar-refractivity contribution in [3.8, 4) is 5.75 Å². The lowest BCUT2D eigenvalue weighted by atomic mass is 10.1. The quantitative estimate of drug-likeness (QED) is 0.589. The Balaban J connectivity index is 1.41. The molecule has 30 heavy (non-hydrogen) atoms. The molecule has 1 unspecified atom stereocenters. The summed E-state index contributed by atoms with van der Waals surface area (Å²) in [6.45, 7) is 3.94. The molecule has 2 aromatic carbocycles. The number of ether oxygens (including phenoxy) is 3. The van der Waals surface area contributed by atoms with E-state index in [1.165, 1.54) is 12.1 Å². The zero-order valence-corrected chi connectivity index (χ0v) is 18.3. The van der Waals surface area contributed by atoms with Crippen molar-refractivity contribution in [2.75, 3.05) is 13.2 Å². The molecule has 0 bridgehead atoms. The van der Waals surface area contributed by atoms with Crippen LogP contribution in [0.5, 0.6) is 5.75 Å². The molecule has 0 saturated carbocycles. The van der Waals surface area contributed by atoms with Crippen LogP contribution in [0.25, 0.3) is 0 Å². The van der Waals surface area contributed by atoms with Gasteiger partial charge in [-0.1, -0.05) is 18.2 Å². The van der Waals surface area contributed by atoms with E-state index in [0.717, 1.165) is 22.4 Å². The second-order valence-corrected chi connectivity index (χ2v) is 9.29. The smallest absolute Gasteiger partial charge is 0.289 e. The molecule has 0 spiro atoms. The van der Waals surface area contributed by atoms with Gasteiger partial charge in [-0.15, -0.1) is 0 Å². The summed E-state index contributed by atoms with van der Waals surface area (Å²) in [5.41, 5.74) is 2.67. The third kappa shape index (κ3) is 5.02. The van der Waals surface area contributed by atoms with Crippen LogP contribution in [0.4, 0.5) is 4.39 Å². The number of carbonyl (C=O) groups excluding carboxylic acids is 1. The van der Waals surface area contributed by atoms with Crippen molar-refractivity contribution in [1.82, 2.24) is 4.90 Å². The molecule has 4 rings (SSSR count). The molecule has 0 fully saturated rings. The number of fused-ring (bicyclic) bond motifs is 1. The van der Waals surface area contributed by atoms with Crippen LogP contribution in [0.15, 0.2) is 54.3 Å². The van der Waals surface area contributed by atoms with E-state index in [0.29, 0.717) is 45.1 Å². The van der Waals surface area contributed by atoms with Gasteiger partial charge in [-0.3, -0.25) is 4.79 Å². The largest absolute Gasteiger partial charge is 0.491 e. The van der Waals surface area contributed by atoms with Crippen molar-refractivity contribution in [3.63, 3.8) is 0 Å². The van der Waals surface area contributed by atoms with Gasteiger partial charge in [-0.2, -0.15) is 0 Å². The molecule has 1 amide bonds. The zero-order chi connectivity index (χ0) is 21.1. The highest BCUT2D eigenvalue weighted by molar-refractivity contribution is 9.10. The van der Waals surface area contributed by atoms with Gasteiger partial charge in [-0.25, -0.2) is 4.39 Å². The Kier molecular flexibility index (Phi) is 6.11. The van der Waals surface area contributed by atoms with E-state index >= 15 is 0 Å². The lowest BCUT2D eigenvalue weighted by Gasteiger charge is -2.23. The third-order valence-corrected chi connectivity index (χ3v) is 5.49. The topological polar surface area (TPSA) is 48.0 Å². The number of hydrogen-bond acceptors (Lipinski definition) is 4. The van der Waals surface area contributed by atoms with Gasteiger partial charge in [-0.05, 0) is 64.3 Å². The molecule has 0 saturated heterocycles. The van der Waals surface area contributed by atoms with Gasteiger partial charge in [0.15, 0.2) is 10.3 Å². The first-order valence-corrected chi connectivity index (χ1v) is 10.6. The summed E-state index contributed by atoms with van der Waals surface area (Å²) in [6.07, 6.45) is 2.46. The highest BCUT2D eigenvalue weighted by atomic mass is 79.9. The molecule has 158 valence electrons. The van der Waals surface area contributed by atoms with Gasteiger partial charge in [0.2, 0.25) is 0 Å². The fraction of sp³-hybridized carbons (Fsp3) is 0.348. The summed E-state index contributed by atoms with van der Waals surface area (Å²) in [5.74, 6) is 0.727. The first-order chi connectivity index (χ1) is 14.4. The van der Waals surface area contributed by atoms with Crippen LogP contribution in [0.2, 0.25) is 0 Å². The number of nitrogens with zero attached hydrogens (tertiary/aromatic N) is 1. The van der Waals surface area contributed by atoms with E-state index in [-0.39, 0.29) is 11.7 Å². The van der Waals surface area contributed by atoms with Gasteiger partial charge in [0, 0.05) is 18.5 Å². The molecular formula is C23H23BrFNO4. The van der Waals surface area contributed by atoms with Crippen molar-refractivity contribution < 1.29 is 23.4 Å². The number of halogens is 2. The minimum absolute atomic E-state index is 0.137. The Morgan fingerprint density at radius 3 is 2.77 bits per heavy atom. The second kappa shape index (κ2) is 8.78. The number of benzene rings is 2. The summed E-state index contributed by atoms with van der Waals surface area (Å²) in [5, 5.41) is 0. The average molecular weight is 476 g/mol. The lowest BCUT2D eigenvalue weighted by Crippen LogP contribution is -2.34. The van der Waals surface area contributed by atoms with E-state index in [9.17, 15) is 9.18 Å². The summed E-state index contributed by atoms with van der Waals surface area (Å²) < 4.78 is 30.0. The normalized spacial score (nSPS) is 20.6. The molecule has 2 aromatic rings.